The fourth-order valence-corrected chi connectivity index (χ4v) is 5.33. The zero-order chi connectivity index (χ0) is 29.8. The van der Waals surface area contributed by atoms with Crippen LogP contribution >= 0.6 is 0 Å². The first-order valence-corrected chi connectivity index (χ1v) is 14.7. The van der Waals surface area contributed by atoms with Crippen molar-refractivity contribution in [1.82, 2.24) is 20.4 Å². The summed E-state index contributed by atoms with van der Waals surface area (Å²) in [4.78, 5) is 37.8. The molecule has 1 heterocycles. The summed E-state index contributed by atoms with van der Waals surface area (Å²) in [5, 5.41) is 10.4. The third kappa shape index (κ3) is 9.23. The molecule has 1 fully saturated rings. The monoisotopic (exact) mass is 570 g/mol. The number of hydrogen-bond acceptors (Lipinski definition) is 7. The van der Waals surface area contributed by atoms with Crippen LogP contribution in [0.25, 0.3) is 11.3 Å². The molecule has 1 saturated carbocycles. The number of rotatable bonds is 15. The lowest BCUT2D eigenvalue weighted by molar-refractivity contribution is -0.141. The van der Waals surface area contributed by atoms with E-state index in [0.717, 1.165) is 24.1 Å². The quantitative estimate of drug-likeness (QED) is 0.297. The van der Waals surface area contributed by atoms with E-state index in [1.165, 1.54) is 39.2 Å². The molecule has 1 aromatic heterocycles. The summed E-state index contributed by atoms with van der Waals surface area (Å²) in [6.45, 7) is 4.66. The topological polar surface area (TPSA) is 121 Å². The fourth-order valence-electron chi connectivity index (χ4n) is 5.33. The average Bonchev–Trinajstić information content (AvgIpc) is 3.41. The molecule has 0 radical (unpaired) electrons. The third-order valence-corrected chi connectivity index (χ3v) is 7.95. The number of benzene rings is 1. The second-order valence-corrected chi connectivity index (χ2v) is 11.0. The molecule has 0 aliphatic heterocycles. The second kappa shape index (κ2) is 16.0. The summed E-state index contributed by atoms with van der Waals surface area (Å²) in [7, 11) is 4.48. The lowest BCUT2D eigenvalue weighted by Gasteiger charge is -2.24. The van der Waals surface area contributed by atoms with Crippen molar-refractivity contribution in [2.75, 3.05) is 27.9 Å². The van der Waals surface area contributed by atoms with Gasteiger partial charge in [0.1, 0.15) is 18.0 Å². The molecular weight excluding hydrogens is 524 g/mol. The summed E-state index contributed by atoms with van der Waals surface area (Å²) < 4.78 is 17.7. The van der Waals surface area contributed by atoms with Gasteiger partial charge in [-0.2, -0.15) is 5.10 Å². The Balaban J connectivity index is 1.86. The van der Waals surface area contributed by atoms with Crippen LogP contribution in [0.2, 0.25) is 0 Å². The molecule has 0 spiro atoms. The summed E-state index contributed by atoms with van der Waals surface area (Å²) in [5.41, 5.74) is 1.71. The molecule has 3 rings (SSSR count). The first-order chi connectivity index (χ1) is 19.8. The average molecular weight is 571 g/mol. The van der Waals surface area contributed by atoms with Crippen molar-refractivity contribution in [3.05, 3.63) is 30.0 Å². The van der Waals surface area contributed by atoms with E-state index in [9.17, 15) is 14.4 Å². The SMILES string of the molecule is CCC(C)Cn1nc(C(=O)N[C@@H](CCC2CCCCC2)CC(=O)NCC(=O)OC)cc1-c1c(OC)cccc1OC. The molecule has 226 valence electrons. The van der Waals surface area contributed by atoms with Gasteiger partial charge in [0.25, 0.3) is 5.91 Å². The first kappa shape index (κ1) is 32.0. The molecule has 1 unspecified atom stereocenters. The van der Waals surface area contributed by atoms with Gasteiger partial charge in [-0.25, -0.2) is 0 Å². The van der Waals surface area contributed by atoms with Gasteiger partial charge in [0.15, 0.2) is 5.69 Å². The van der Waals surface area contributed by atoms with E-state index in [4.69, 9.17) is 14.6 Å². The first-order valence-electron chi connectivity index (χ1n) is 14.7. The highest BCUT2D eigenvalue weighted by Gasteiger charge is 2.25. The number of nitrogens with one attached hydrogen (secondary N) is 2. The molecule has 10 nitrogen and oxygen atoms in total. The van der Waals surface area contributed by atoms with E-state index < -0.39 is 12.0 Å². The minimum Gasteiger partial charge on any atom is -0.496 e. The minimum atomic E-state index is -0.521. The Morgan fingerprint density at radius 3 is 2.37 bits per heavy atom. The minimum absolute atomic E-state index is 0.0657. The number of carbonyl (C=O) groups excluding carboxylic acids is 3. The van der Waals surface area contributed by atoms with E-state index in [2.05, 4.69) is 29.2 Å². The lowest BCUT2D eigenvalue weighted by Crippen LogP contribution is -2.40. The Kier molecular flexibility index (Phi) is 12.5. The molecule has 1 aliphatic carbocycles. The fraction of sp³-hybridized carbons (Fsp3) is 0.613. The molecule has 2 atom stereocenters. The zero-order valence-electron chi connectivity index (χ0n) is 25.2. The van der Waals surface area contributed by atoms with Crippen molar-refractivity contribution in [2.45, 2.75) is 84.2 Å². The van der Waals surface area contributed by atoms with Crippen LogP contribution in [-0.4, -0.2) is 61.5 Å². The molecule has 41 heavy (non-hydrogen) atoms. The molecule has 1 aliphatic rings. The molecule has 2 amide bonds. The number of ether oxygens (including phenoxy) is 3. The highest BCUT2D eigenvalue weighted by Crippen LogP contribution is 2.39. The molecule has 1 aromatic carbocycles. The summed E-state index contributed by atoms with van der Waals surface area (Å²) in [6.07, 6.45) is 8.70. The van der Waals surface area contributed by atoms with Gasteiger partial charge in [0.05, 0.1) is 32.6 Å². The lowest BCUT2D eigenvalue weighted by atomic mass is 9.85. The number of nitrogens with zero attached hydrogens (tertiary/aromatic N) is 2. The van der Waals surface area contributed by atoms with Gasteiger partial charge < -0.3 is 24.8 Å². The molecule has 0 saturated heterocycles. The number of hydrogen-bond donors (Lipinski definition) is 2. The van der Waals surface area contributed by atoms with E-state index >= 15 is 0 Å². The zero-order valence-corrected chi connectivity index (χ0v) is 25.2. The predicted molar refractivity (Wildman–Crippen MR) is 157 cm³/mol. The Hall–Kier alpha value is -3.56. The van der Waals surface area contributed by atoms with Crippen molar-refractivity contribution >= 4 is 17.8 Å². The standard InChI is InChI=1S/C31H46N4O6/c1-6-21(2)20-35-25(30-26(39-3)13-10-14-27(30)40-4)18-24(34-35)31(38)33-23(16-15-22-11-8-7-9-12-22)17-28(36)32-19-29(37)41-5/h10,13-14,18,21-23H,6-9,11-12,15-17,19-20H2,1-5H3,(H,32,36)(H,33,38)/t21?,23-/m0/s1. The summed E-state index contributed by atoms with van der Waals surface area (Å²) in [5.74, 6) is 0.979. The normalized spacial score (nSPS) is 15.0. The molecular formula is C31H46N4O6. The smallest absolute Gasteiger partial charge is 0.325 e. The van der Waals surface area contributed by atoms with Gasteiger partial charge in [-0.15, -0.1) is 0 Å². The van der Waals surface area contributed by atoms with Gasteiger partial charge in [-0.05, 0) is 42.9 Å². The van der Waals surface area contributed by atoms with Gasteiger partial charge in [-0.1, -0.05) is 58.4 Å². The maximum atomic E-state index is 13.6. The number of esters is 1. The van der Waals surface area contributed by atoms with Crippen LogP contribution in [0.15, 0.2) is 24.3 Å². The van der Waals surface area contributed by atoms with E-state index in [1.807, 2.05) is 22.9 Å². The molecule has 0 bridgehead atoms. The summed E-state index contributed by atoms with van der Waals surface area (Å²) in [6, 6.07) is 6.92. The van der Waals surface area contributed by atoms with Crippen molar-refractivity contribution in [1.29, 1.82) is 0 Å². The third-order valence-electron chi connectivity index (χ3n) is 7.95. The van der Waals surface area contributed by atoms with Crippen molar-refractivity contribution < 1.29 is 28.6 Å². The van der Waals surface area contributed by atoms with Crippen molar-refractivity contribution in [3.8, 4) is 22.8 Å². The largest absolute Gasteiger partial charge is 0.496 e. The van der Waals surface area contributed by atoms with Gasteiger partial charge in [0.2, 0.25) is 5.91 Å². The van der Waals surface area contributed by atoms with Gasteiger partial charge in [0, 0.05) is 19.0 Å². The van der Waals surface area contributed by atoms with Crippen LogP contribution in [0.1, 0.15) is 82.1 Å². The number of carbonyl (C=O) groups is 3. The summed E-state index contributed by atoms with van der Waals surface area (Å²) >= 11 is 0. The number of aromatic nitrogens is 2. The van der Waals surface area contributed by atoms with Gasteiger partial charge >= 0.3 is 5.97 Å². The maximum Gasteiger partial charge on any atom is 0.325 e. The second-order valence-electron chi connectivity index (χ2n) is 11.0. The number of amides is 2. The van der Waals surface area contributed by atoms with Crippen molar-refractivity contribution in [2.24, 2.45) is 11.8 Å². The molecule has 2 N–H and O–H groups in total. The van der Waals surface area contributed by atoms with E-state index in [-0.39, 0.29) is 30.5 Å². The molecule has 2 aromatic rings. The van der Waals surface area contributed by atoms with E-state index in [0.29, 0.717) is 36.3 Å². The Morgan fingerprint density at radius 2 is 1.76 bits per heavy atom. The number of methoxy groups -OCH3 is 3. The van der Waals surface area contributed by atoms with Crippen LogP contribution in [0.4, 0.5) is 0 Å². The maximum absolute atomic E-state index is 13.6. The van der Waals surface area contributed by atoms with Crippen LogP contribution in [0.3, 0.4) is 0 Å². The van der Waals surface area contributed by atoms with Crippen LogP contribution < -0.4 is 20.1 Å². The van der Waals surface area contributed by atoms with Crippen LogP contribution in [-0.2, 0) is 20.9 Å². The van der Waals surface area contributed by atoms with Crippen LogP contribution in [0, 0.1) is 11.8 Å². The Bertz CT molecular complexity index is 1140. The van der Waals surface area contributed by atoms with Crippen LogP contribution in [0.5, 0.6) is 11.5 Å². The van der Waals surface area contributed by atoms with E-state index in [1.54, 1.807) is 20.3 Å². The van der Waals surface area contributed by atoms with Crippen molar-refractivity contribution in [3.63, 3.8) is 0 Å². The Morgan fingerprint density at radius 1 is 1.07 bits per heavy atom. The molecule has 10 heteroatoms. The van der Waals surface area contributed by atoms with Gasteiger partial charge in [-0.3, -0.25) is 19.1 Å². The highest BCUT2D eigenvalue weighted by atomic mass is 16.5. The highest BCUT2D eigenvalue weighted by molar-refractivity contribution is 5.94. The Labute approximate surface area is 243 Å². The predicted octanol–water partition coefficient (Wildman–Crippen LogP) is 4.75.